The summed E-state index contributed by atoms with van der Waals surface area (Å²) in [6, 6.07) is 3.16. The molecule has 2 N–H and O–H groups in total. The van der Waals surface area contributed by atoms with Crippen LogP contribution in [0.3, 0.4) is 0 Å². The Morgan fingerprint density at radius 1 is 0.889 bits per heavy atom. The van der Waals surface area contributed by atoms with Crippen molar-refractivity contribution in [2.75, 3.05) is 6.61 Å². The zero-order valence-corrected chi connectivity index (χ0v) is 21.5. The van der Waals surface area contributed by atoms with E-state index in [0.29, 0.717) is 19.3 Å². The number of unbranched alkanes of at least 4 members (excludes halogenated alkanes) is 3. The van der Waals surface area contributed by atoms with Crippen LogP contribution < -0.4 is 10.3 Å². The first kappa shape index (κ1) is 29.2. The lowest BCUT2D eigenvalue weighted by molar-refractivity contribution is -0.765. The monoisotopic (exact) mass is 507 g/mol. The van der Waals surface area contributed by atoms with Gasteiger partial charge < -0.3 is 24.7 Å². The largest absolute Gasteiger partial charge is 0.463 e. The average Bonchev–Trinajstić information content (AvgIpc) is 3.20. The fourth-order valence-electron chi connectivity index (χ4n) is 3.78. The number of amides is 1. The van der Waals surface area contributed by atoms with Gasteiger partial charge in [-0.3, -0.25) is 19.2 Å². The second kappa shape index (κ2) is 15.2. The molecule has 0 aliphatic carbocycles. The summed E-state index contributed by atoms with van der Waals surface area (Å²) in [4.78, 5) is 49.1. The molecule has 10 heteroatoms. The summed E-state index contributed by atoms with van der Waals surface area (Å²) in [6.07, 6.45) is 4.36. The molecule has 1 aromatic heterocycles. The SMILES string of the molecule is CCCCC(=O)OCC1O[C@@H]([n+]2cccc(C(N)=O)c2)[C@H](OC(=O)CCCC)[C@@H]1OC(=O)CCCC. The van der Waals surface area contributed by atoms with Crippen LogP contribution in [-0.2, 0) is 33.3 Å². The first-order valence-corrected chi connectivity index (χ1v) is 12.8. The molecule has 0 aromatic carbocycles. The molecule has 1 amide bonds. The predicted molar refractivity (Wildman–Crippen MR) is 128 cm³/mol. The summed E-state index contributed by atoms with van der Waals surface area (Å²) in [5.41, 5.74) is 5.66. The molecule has 1 fully saturated rings. The van der Waals surface area contributed by atoms with Crippen molar-refractivity contribution in [2.45, 2.75) is 103 Å². The molecule has 1 unspecified atom stereocenters. The van der Waals surface area contributed by atoms with Gasteiger partial charge in [0, 0.05) is 25.3 Å². The van der Waals surface area contributed by atoms with Crippen molar-refractivity contribution < 1.29 is 42.7 Å². The van der Waals surface area contributed by atoms with Gasteiger partial charge in [-0.1, -0.05) is 40.0 Å². The second-order valence-corrected chi connectivity index (χ2v) is 8.87. The molecule has 0 spiro atoms. The van der Waals surface area contributed by atoms with E-state index in [1.54, 1.807) is 22.9 Å². The lowest BCUT2D eigenvalue weighted by Gasteiger charge is -2.22. The molecule has 36 heavy (non-hydrogen) atoms. The Morgan fingerprint density at radius 2 is 1.44 bits per heavy atom. The fourth-order valence-corrected chi connectivity index (χ4v) is 3.78. The van der Waals surface area contributed by atoms with E-state index >= 15 is 0 Å². The van der Waals surface area contributed by atoms with Crippen molar-refractivity contribution in [1.29, 1.82) is 0 Å². The Bertz CT molecular complexity index is 890. The topological polar surface area (TPSA) is 135 Å². The Hall–Kier alpha value is -3.01. The molecule has 200 valence electrons. The van der Waals surface area contributed by atoms with Crippen molar-refractivity contribution in [3.63, 3.8) is 0 Å². The molecule has 0 saturated carbocycles. The summed E-state index contributed by atoms with van der Waals surface area (Å²) >= 11 is 0. The van der Waals surface area contributed by atoms with Crippen LogP contribution in [-0.4, -0.2) is 48.7 Å². The number of nitrogens with zero attached hydrogens (tertiary/aromatic N) is 1. The lowest BCUT2D eigenvalue weighted by atomic mass is 10.1. The van der Waals surface area contributed by atoms with Gasteiger partial charge in [-0.2, -0.15) is 4.57 Å². The van der Waals surface area contributed by atoms with Gasteiger partial charge in [0.15, 0.2) is 18.5 Å². The number of hydrogen-bond donors (Lipinski definition) is 1. The van der Waals surface area contributed by atoms with Crippen molar-refractivity contribution in [2.24, 2.45) is 5.73 Å². The minimum Gasteiger partial charge on any atom is -0.463 e. The number of rotatable bonds is 15. The smallest absolute Gasteiger partial charge is 0.306 e. The Labute approximate surface area is 212 Å². The maximum Gasteiger partial charge on any atom is 0.306 e. The molecule has 0 radical (unpaired) electrons. The van der Waals surface area contributed by atoms with Gasteiger partial charge in [-0.25, -0.2) is 0 Å². The first-order chi connectivity index (χ1) is 17.3. The molecule has 10 nitrogen and oxygen atoms in total. The fraction of sp³-hybridized carbons (Fsp3) is 0.654. The van der Waals surface area contributed by atoms with Gasteiger partial charge in [-0.05, 0) is 25.3 Å². The van der Waals surface area contributed by atoms with E-state index in [1.165, 1.54) is 6.20 Å². The Balaban J connectivity index is 2.35. The normalized spacial score (nSPS) is 21.1. The summed E-state index contributed by atoms with van der Waals surface area (Å²) in [7, 11) is 0. The average molecular weight is 508 g/mol. The maximum absolute atomic E-state index is 12.6. The van der Waals surface area contributed by atoms with E-state index in [2.05, 4.69) is 0 Å². The minimum atomic E-state index is -1.02. The third kappa shape index (κ3) is 8.89. The number of primary amides is 1. The third-order valence-electron chi connectivity index (χ3n) is 5.83. The number of hydrogen-bond acceptors (Lipinski definition) is 8. The predicted octanol–water partition coefficient (Wildman–Crippen LogP) is 2.91. The van der Waals surface area contributed by atoms with E-state index in [9.17, 15) is 19.2 Å². The van der Waals surface area contributed by atoms with Crippen molar-refractivity contribution in [3.05, 3.63) is 30.1 Å². The van der Waals surface area contributed by atoms with Gasteiger partial charge in [-0.15, -0.1) is 0 Å². The maximum atomic E-state index is 12.6. The first-order valence-electron chi connectivity index (χ1n) is 12.8. The molecule has 2 heterocycles. The van der Waals surface area contributed by atoms with Gasteiger partial charge in [0.25, 0.3) is 5.91 Å². The molecule has 2 rings (SSSR count). The molecule has 1 aliphatic rings. The van der Waals surface area contributed by atoms with Crippen LogP contribution in [0.1, 0.15) is 95.1 Å². The van der Waals surface area contributed by atoms with Crippen LogP contribution in [0, 0.1) is 0 Å². The number of carbonyl (C=O) groups excluding carboxylic acids is 4. The van der Waals surface area contributed by atoms with Crippen LogP contribution in [0.5, 0.6) is 0 Å². The minimum absolute atomic E-state index is 0.177. The quantitative estimate of drug-likeness (QED) is 0.217. The van der Waals surface area contributed by atoms with Crippen LogP contribution in [0.4, 0.5) is 0 Å². The van der Waals surface area contributed by atoms with Crippen LogP contribution >= 0.6 is 0 Å². The number of nitrogens with two attached hydrogens (primary N) is 1. The standard InChI is InChI=1S/C26H38N2O8/c1-4-7-12-20(29)33-17-19-23(35-21(30)13-8-5-2)24(36-22(31)14-9-6-3)26(34-19)28-15-10-11-18(16-28)25(27)32/h10-11,15-16,19,23-24,26H,4-9,12-14,17H2,1-3H3,(H-,27,32)/p+1/t19?,23-,24-,26-/m1/s1. The molecular formula is C26H39N2O8+. The summed E-state index contributed by atoms with van der Waals surface area (Å²) in [6.45, 7) is 5.71. The Kier molecular flexibility index (Phi) is 12.3. The third-order valence-corrected chi connectivity index (χ3v) is 5.83. The highest BCUT2D eigenvalue weighted by molar-refractivity contribution is 5.92. The van der Waals surface area contributed by atoms with E-state index in [4.69, 9.17) is 24.7 Å². The van der Waals surface area contributed by atoms with Crippen molar-refractivity contribution in [1.82, 2.24) is 0 Å². The molecule has 0 bridgehead atoms. The van der Waals surface area contributed by atoms with Gasteiger partial charge >= 0.3 is 24.1 Å². The number of aromatic nitrogens is 1. The number of ether oxygens (including phenoxy) is 4. The van der Waals surface area contributed by atoms with E-state index in [1.807, 2.05) is 20.8 Å². The second-order valence-electron chi connectivity index (χ2n) is 8.87. The Morgan fingerprint density at radius 3 is 2.00 bits per heavy atom. The van der Waals surface area contributed by atoms with Gasteiger partial charge in [0.1, 0.15) is 18.3 Å². The van der Waals surface area contributed by atoms with Crippen molar-refractivity contribution in [3.8, 4) is 0 Å². The van der Waals surface area contributed by atoms with Crippen LogP contribution in [0.15, 0.2) is 24.5 Å². The highest BCUT2D eigenvalue weighted by atomic mass is 16.7. The molecule has 1 aliphatic heterocycles. The lowest BCUT2D eigenvalue weighted by Crippen LogP contribution is -2.49. The van der Waals surface area contributed by atoms with Gasteiger partial charge in [0.2, 0.25) is 6.10 Å². The van der Waals surface area contributed by atoms with Crippen molar-refractivity contribution >= 4 is 23.8 Å². The van der Waals surface area contributed by atoms with E-state index in [0.717, 1.165) is 19.3 Å². The molecule has 1 saturated heterocycles. The van der Waals surface area contributed by atoms with E-state index < -0.39 is 42.4 Å². The summed E-state index contributed by atoms with van der Waals surface area (Å²) in [5.74, 6) is -1.95. The highest BCUT2D eigenvalue weighted by Gasteiger charge is 2.55. The van der Waals surface area contributed by atoms with Crippen LogP contribution in [0.25, 0.3) is 0 Å². The highest BCUT2D eigenvalue weighted by Crippen LogP contribution is 2.32. The zero-order valence-electron chi connectivity index (χ0n) is 21.5. The summed E-state index contributed by atoms with van der Waals surface area (Å²) in [5, 5.41) is 0. The molecule has 1 aromatic rings. The zero-order chi connectivity index (χ0) is 26.5. The molecule has 4 atom stereocenters. The van der Waals surface area contributed by atoms with E-state index in [-0.39, 0.29) is 37.4 Å². The number of carbonyl (C=O) groups is 4. The van der Waals surface area contributed by atoms with Crippen LogP contribution in [0.2, 0.25) is 0 Å². The van der Waals surface area contributed by atoms with Gasteiger partial charge in [0.05, 0.1) is 0 Å². The number of esters is 3. The number of pyridine rings is 1. The summed E-state index contributed by atoms with van der Waals surface area (Å²) < 4.78 is 24.6. The molecular weight excluding hydrogens is 468 g/mol.